The summed E-state index contributed by atoms with van der Waals surface area (Å²) < 4.78 is 36.2. The van der Waals surface area contributed by atoms with Gasteiger partial charge in [-0.25, -0.2) is 13.2 Å². The average Bonchev–Trinajstić information content (AvgIpc) is 3.01. The summed E-state index contributed by atoms with van der Waals surface area (Å²) in [5.41, 5.74) is 2.84. The molecule has 1 aromatic heterocycles. The Morgan fingerprint density at radius 1 is 1.15 bits per heavy atom. The number of hydrogen-bond donors (Lipinski definition) is 1. The van der Waals surface area contributed by atoms with Crippen LogP contribution in [0.3, 0.4) is 0 Å². The van der Waals surface area contributed by atoms with Crippen LogP contribution in [0.25, 0.3) is 0 Å². The molecule has 0 unspecified atom stereocenters. The number of aryl methyl sites for hydroxylation is 1. The molecule has 2 heterocycles. The fourth-order valence-electron chi connectivity index (χ4n) is 4.13. The molecule has 0 saturated carbocycles. The first kappa shape index (κ1) is 25.5. The average molecular weight is 540 g/mol. The fourth-order valence-corrected chi connectivity index (χ4v) is 6.33. The summed E-state index contributed by atoms with van der Waals surface area (Å²) in [4.78, 5) is 25.3. The van der Waals surface area contributed by atoms with E-state index in [1.165, 1.54) is 4.31 Å². The molecule has 33 heavy (non-hydrogen) atoms. The van der Waals surface area contributed by atoms with Gasteiger partial charge in [-0.2, -0.15) is 4.31 Å². The van der Waals surface area contributed by atoms with Crippen molar-refractivity contribution < 1.29 is 22.7 Å². The molecule has 3 rings (SSSR count). The van der Waals surface area contributed by atoms with Gasteiger partial charge in [0.25, 0.3) is 0 Å². The Morgan fingerprint density at radius 3 is 2.36 bits per heavy atom. The summed E-state index contributed by atoms with van der Waals surface area (Å²) in [6.45, 7) is 7.58. The van der Waals surface area contributed by atoms with E-state index in [0.29, 0.717) is 29.9 Å². The quantitative estimate of drug-likeness (QED) is 0.560. The van der Waals surface area contributed by atoms with Crippen molar-refractivity contribution in [1.82, 2.24) is 8.87 Å². The Bertz CT molecular complexity index is 1180. The largest absolute Gasteiger partial charge is 0.462 e. The van der Waals surface area contributed by atoms with Gasteiger partial charge in [0, 0.05) is 47.6 Å². The van der Waals surface area contributed by atoms with Crippen LogP contribution in [-0.4, -0.2) is 48.9 Å². The Hall–Kier alpha value is -2.17. The van der Waals surface area contributed by atoms with Crippen molar-refractivity contribution in [1.29, 1.82) is 0 Å². The van der Waals surface area contributed by atoms with Gasteiger partial charge in [-0.1, -0.05) is 15.9 Å². The van der Waals surface area contributed by atoms with Crippen LogP contribution in [0.15, 0.2) is 27.6 Å². The van der Waals surface area contributed by atoms with Crippen LogP contribution in [-0.2, 0) is 26.6 Å². The summed E-state index contributed by atoms with van der Waals surface area (Å²) in [6, 6.07) is 5.59. The Morgan fingerprint density at radius 2 is 1.79 bits per heavy atom. The van der Waals surface area contributed by atoms with E-state index in [1.54, 1.807) is 32.4 Å². The molecular formula is C23H30BrN3O5S. The molecule has 1 fully saturated rings. The number of nitrogens with zero attached hydrogens (tertiary/aromatic N) is 2. The van der Waals surface area contributed by atoms with Gasteiger partial charge < -0.3 is 14.6 Å². The van der Waals surface area contributed by atoms with Crippen LogP contribution in [0, 0.1) is 26.7 Å². The third-order valence-corrected chi connectivity index (χ3v) is 9.20. The lowest BCUT2D eigenvalue weighted by molar-refractivity contribution is -0.120. The number of hydrogen-bond acceptors (Lipinski definition) is 5. The SMILES string of the molecule is CCOC(=O)c1c(S(=O)(=O)N2CCC(C(=O)Nc3ccc(Br)c(C)c3)CC2)c(C)n(C)c1C. The Kier molecular flexibility index (Phi) is 7.70. The molecule has 0 bridgehead atoms. The van der Waals surface area contributed by atoms with Crippen molar-refractivity contribution in [2.75, 3.05) is 25.0 Å². The van der Waals surface area contributed by atoms with Crippen molar-refractivity contribution in [3.63, 3.8) is 0 Å². The molecule has 1 N–H and O–H groups in total. The standard InChI is InChI=1S/C23H30BrN3O5S/c1-6-32-23(29)20-15(3)26(5)16(4)21(20)33(30,31)27-11-9-17(10-12-27)22(28)25-18-7-8-19(24)14(2)13-18/h7-8,13,17H,6,9-12H2,1-5H3,(H,25,28). The molecule has 180 valence electrons. The number of piperidine rings is 1. The normalized spacial score (nSPS) is 15.5. The number of carbonyl (C=O) groups is 2. The van der Waals surface area contributed by atoms with E-state index in [2.05, 4.69) is 21.2 Å². The number of nitrogens with one attached hydrogen (secondary N) is 1. The van der Waals surface area contributed by atoms with Crippen LogP contribution in [0.5, 0.6) is 0 Å². The lowest BCUT2D eigenvalue weighted by atomic mass is 9.97. The lowest BCUT2D eigenvalue weighted by Crippen LogP contribution is -2.42. The zero-order chi connectivity index (χ0) is 24.5. The molecule has 0 spiro atoms. The van der Waals surface area contributed by atoms with Gasteiger partial charge in [0.1, 0.15) is 10.5 Å². The summed E-state index contributed by atoms with van der Waals surface area (Å²) in [5.74, 6) is -1.05. The van der Waals surface area contributed by atoms with E-state index < -0.39 is 16.0 Å². The van der Waals surface area contributed by atoms with Gasteiger partial charge in [0.05, 0.1) is 6.61 Å². The van der Waals surface area contributed by atoms with E-state index in [1.807, 2.05) is 25.1 Å². The first-order valence-corrected chi connectivity index (χ1v) is 13.1. The second kappa shape index (κ2) is 9.99. The highest BCUT2D eigenvalue weighted by Crippen LogP contribution is 2.32. The number of ether oxygens (including phenoxy) is 1. The smallest absolute Gasteiger partial charge is 0.341 e. The monoisotopic (exact) mass is 539 g/mol. The molecule has 1 aromatic carbocycles. The number of amides is 1. The number of carbonyl (C=O) groups excluding carboxylic acids is 2. The summed E-state index contributed by atoms with van der Waals surface area (Å²) >= 11 is 3.44. The highest BCUT2D eigenvalue weighted by molar-refractivity contribution is 9.10. The topological polar surface area (TPSA) is 97.7 Å². The molecule has 1 saturated heterocycles. The molecule has 0 radical (unpaired) electrons. The van der Waals surface area contributed by atoms with Crippen molar-refractivity contribution in [2.45, 2.75) is 45.4 Å². The third kappa shape index (κ3) is 5.02. The lowest BCUT2D eigenvalue weighted by Gasteiger charge is -2.30. The van der Waals surface area contributed by atoms with Gasteiger partial charge in [0.15, 0.2) is 0 Å². The maximum absolute atomic E-state index is 13.5. The molecular weight excluding hydrogens is 510 g/mol. The van der Waals surface area contributed by atoms with Crippen molar-refractivity contribution >= 4 is 43.5 Å². The second-order valence-electron chi connectivity index (χ2n) is 8.29. The van der Waals surface area contributed by atoms with Gasteiger partial charge in [-0.05, 0) is 64.3 Å². The number of sulfonamides is 1. The van der Waals surface area contributed by atoms with E-state index in [0.717, 1.165) is 10.0 Å². The minimum absolute atomic E-state index is 0.00538. The fraction of sp³-hybridized carbons (Fsp3) is 0.478. The first-order chi connectivity index (χ1) is 15.5. The molecule has 2 aromatic rings. The molecule has 1 aliphatic rings. The molecule has 1 aliphatic heterocycles. The number of benzene rings is 1. The van der Waals surface area contributed by atoms with Crippen molar-refractivity contribution in [2.24, 2.45) is 13.0 Å². The van der Waals surface area contributed by atoms with Gasteiger partial charge in [-0.15, -0.1) is 0 Å². The second-order valence-corrected chi connectivity index (χ2v) is 11.0. The maximum Gasteiger partial charge on any atom is 0.341 e. The molecule has 0 atom stereocenters. The number of rotatable bonds is 6. The van der Waals surface area contributed by atoms with Crippen LogP contribution in [0.4, 0.5) is 5.69 Å². The molecule has 1 amide bonds. The number of anilines is 1. The molecule has 8 nitrogen and oxygen atoms in total. The highest BCUT2D eigenvalue weighted by atomic mass is 79.9. The van der Waals surface area contributed by atoms with Crippen molar-refractivity contribution in [3.05, 3.63) is 45.2 Å². The van der Waals surface area contributed by atoms with Crippen LogP contribution < -0.4 is 5.32 Å². The Balaban J connectivity index is 1.76. The number of halogens is 1. The zero-order valence-corrected chi connectivity index (χ0v) is 22.0. The summed E-state index contributed by atoms with van der Waals surface area (Å²) in [6.07, 6.45) is 0.806. The van der Waals surface area contributed by atoms with E-state index in [4.69, 9.17) is 4.74 Å². The van der Waals surface area contributed by atoms with E-state index in [9.17, 15) is 18.0 Å². The predicted octanol–water partition coefficient (Wildman–Crippen LogP) is 3.93. The van der Waals surface area contributed by atoms with Gasteiger partial charge >= 0.3 is 5.97 Å². The van der Waals surface area contributed by atoms with Gasteiger partial charge in [-0.3, -0.25) is 4.79 Å². The first-order valence-electron chi connectivity index (χ1n) is 10.9. The third-order valence-electron chi connectivity index (χ3n) is 6.25. The van der Waals surface area contributed by atoms with Crippen LogP contribution >= 0.6 is 15.9 Å². The minimum Gasteiger partial charge on any atom is -0.462 e. The predicted molar refractivity (Wildman–Crippen MR) is 130 cm³/mol. The van der Waals surface area contributed by atoms with E-state index >= 15 is 0 Å². The summed E-state index contributed by atoms with van der Waals surface area (Å²) in [7, 11) is -2.20. The minimum atomic E-state index is -3.93. The van der Waals surface area contributed by atoms with Crippen LogP contribution in [0.1, 0.15) is 47.1 Å². The molecule has 0 aliphatic carbocycles. The maximum atomic E-state index is 13.5. The van der Waals surface area contributed by atoms with Crippen molar-refractivity contribution in [3.8, 4) is 0 Å². The molecule has 10 heteroatoms. The summed E-state index contributed by atoms with van der Waals surface area (Å²) in [5, 5.41) is 2.93. The van der Waals surface area contributed by atoms with Crippen LogP contribution in [0.2, 0.25) is 0 Å². The number of aromatic nitrogens is 1. The zero-order valence-electron chi connectivity index (χ0n) is 19.6. The number of esters is 1. The Labute approximate surface area is 203 Å². The van der Waals surface area contributed by atoms with E-state index in [-0.39, 0.29) is 42.0 Å². The van der Waals surface area contributed by atoms with Gasteiger partial charge in [0.2, 0.25) is 15.9 Å². The highest BCUT2D eigenvalue weighted by Gasteiger charge is 2.38.